The zero-order chi connectivity index (χ0) is 40.0. The van der Waals surface area contributed by atoms with Crippen molar-refractivity contribution in [1.29, 1.82) is 0 Å². The number of aliphatic hydroxyl groups is 4. The zero-order valence-electron chi connectivity index (χ0n) is 29.2. The minimum absolute atomic E-state index is 0.126. The number of fused-ring (bicyclic) bond motifs is 2. The third kappa shape index (κ3) is 8.96. The second kappa shape index (κ2) is 16.5. The quantitative estimate of drug-likeness (QED) is 0.0447. The van der Waals surface area contributed by atoms with Crippen molar-refractivity contribution in [2.75, 3.05) is 63.5 Å². The molecule has 0 aromatic carbocycles. The highest BCUT2D eigenvalue weighted by Crippen LogP contribution is 2.46. The minimum atomic E-state index is -4.65. The first-order chi connectivity index (χ1) is 25.9. The Kier molecular flexibility index (Phi) is 12.5. The summed E-state index contributed by atoms with van der Waals surface area (Å²) in [6.45, 7) is -1.84. The number of aliphatic hydroxyl groups excluding tert-OH is 4. The maximum atomic E-state index is 12.5. The van der Waals surface area contributed by atoms with E-state index in [0.29, 0.717) is 0 Å². The molecule has 0 radical (unpaired) electrons. The lowest BCUT2D eigenvalue weighted by Gasteiger charge is -2.18. The number of nitrogens with one attached hydrogen (secondary N) is 2. The number of H-pyrrole nitrogens is 2. The van der Waals surface area contributed by atoms with Gasteiger partial charge in [-0.2, -0.15) is 20.9 Å². The van der Waals surface area contributed by atoms with Crippen LogP contribution in [-0.4, -0.2) is 173 Å². The Morgan fingerprint density at radius 1 is 0.727 bits per heavy atom. The maximum absolute atomic E-state index is 12.5. The maximum Gasteiger partial charge on any atom is 0.472 e. The average Bonchev–Trinajstić information content (AvgIpc) is 3.79. The smallest absolute Gasteiger partial charge is 0.388 e. The van der Waals surface area contributed by atoms with Gasteiger partial charge in [-0.25, -0.2) is 19.1 Å². The molecule has 24 nitrogen and oxygen atoms in total. The number of ether oxygens (including phenoxy) is 2. The molecule has 0 saturated carbocycles. The number of anilines is 2. The molecule has 304 valence electrons. The molecule has 2 fully saturated rings. The van der Waals surface area contributed by atoms with Gasteiger partial charge in [-0.15, -0.1) is 0 Å². The molecule has 0 bridgehead atoms. The Labute approximate surface area is 315 Å². The van der Waals surface area contributed by atoms with Crippen molar-refractivity contribution >= 4 is 63.1 Å². The van der Waals surface area contributed by atoms with Crippen LogP contribution in [0.2, 0.25) is 0 Å². The van der Waals surface area contributed by atoms with E-state index in [-0.39, 0.29) is 59.4 Å². The van der Waals surface area contributed by atoms with E-state index in [1.54, 1.807) is 26.5 Å². The summed E-state index contributed by atoms with van der Waals surface area (Å²) in [6, 6.07) is 0. The molecular weight excluding hydrogens is 798 g/mol. The predicted octanol–water partition coefficient (Wildman–Crippen LogP) is -3.42. The van der Waals surface area contributed by atoms with Crippen LogP contribution in [0, 0.1) is 0 Å². The monoisotopic (exact) mass is 840 g/mol. The van der Waals surface area contributed by atoms with Crippen molar-refractivity contribution in [2.45, 2.75) is 60.7 Å². The molecule has 27 heteroatoms. The lowest BCUT2D eigenvalue weighted by atomic mass is 9.95. The number of aromatic nitrogens is 4. The molecule has 4 aliphatic rings. The van der Waals surface area contributed by atoms with Crippen LogP contribution in [-0.2, 0) is 36.7 Å². The number of thioether (sulfide) groups is 1. The number of hydrogen-bond donors (Lipinski definition) is 10. The van der Waals surface area contributed by atoms with E-state index in [1.165, 1.54) is 9.15 Å². The Balaban J connectivity index is 0.882. The molecule has 12 N–H and O–H groups in total. The van der Waals surface area contributed by atoms with Gasteiger partial charge in [-0.1, -0.05) is 0 Å². The van der Waals surface area contributed by atoms with E-state index in [2.05, 4.69) is 19.9 Å². The van der Waals surface area contributed by atoms with Gasteiger partial charge in [0.05, 0.1) is 26.4 Å². The summed E-state index contributed by atoms with van der Waals surface area (Å²) >= 11 is 1.13. The summed E-state index contributed by atoms with van der Waals surface area (Å²) in [5.41, 5.74) is 11.2. The fourth-order valence-corrected chi connectivity index (χ4v) is 9.08. The Morgan fingerprint density at radius 3 is 1.49 bits per heavy atom. The van der Waals surface area contributed by atoms with Crippen molar-refractivity contribution in [2.24, 2.45) is 0 Å². The lowest BCUT2D eigenvalue weighted by Crippen LogP contribution is -2.36. The summed E-state index contributed by atoms with van der Waals surface area (Å²) in [5, 5.41) is 42.5. The molecule has 2 aromatic heterocycles. The summed E-state index contributed by atoms with van der Waals surface area (Å²) in [6.07, 6.45) is -7.48. The lowest BCUT2D eigenvalue weighted by molar-refractivity contribution is -0.398. The number of aromatic amines is 2. The van der Waals surface area contributed by atoms with Crippen molar-refractivity contribution < 1.29 is 76.1 Å². The summed E-state index contributed by atoms with van der Waals surface area (Å²) < 4.78 is 59.3. The van der Waals surface area contributed by atoms with Gasteiger partial charge < -0.3 is 51.2 Å². The first kappa shape index (κ1) is 41.7. The first-order valence-corrected chi connectivity index (χ1v) is 20.8. The second-order valence-corrected chi connectivity index (χ2v) is 17.1. The van der Waals surface area contributed by atoms with E-state index in [1.807, 2.05) is 0 Å². The zero-order valence-corrected chi connectivity index (χ0v) is 31.8. The SMILES string of the molecule is C[N+]1=CC([C@@H]2O[C@H](COP(=O)(O)OCCSCCOP(=O)(O)OC[C@H]3O[C@@H](C4C=[N+](C)c5c4nc(N)[nH]c5=O)[C@H](O)[C@@H]3O)[C@@H](O)[C@H]2O)c2nc(N)[nH]c(=O)c21. The molecule has 55 heavy (non-hydrogen) atoms. The highest BCUT2D eigenvalue weighted by molar-refractivity contribution is 7.99. The van der Waals surface area contributed by atoms with Crippen LogP contribution in [0.4, 0.5) is 23.3 Å². The summed E-state index contributed by atoms with van der Waals surface area (Å²) in [7, 11) is -6.12. The van der Waals surface area contributed by atoms with Gasteiger partial charge in [0.2, 0.25) is 11.9 Å². The van der Waals surface area contributed by atoms with Gasteiger partial charge in [0.25, 0.3) is 11.4 Å². The Morgan fingerprint density at radius 2 is 1.11 bits per heavy atom. The van der Waals surface area contributed by atoms with Crippen molar-refractivity contribution in [3.63, 3.8) is 0 Å². The highest BCUT2D eigenvalue weighted by atomic mass is 32.2. The molecule has 4 unspecified atom stereocenters. The largest absolute Gasteiger partial charge is 0.472 e. The highest BCUT2D eigenvalue weighted by Gasteiger charge is 2.53. The number of nitrogen functional groups attached to an aromatic ring is 2. The van der Waals surface area contributed by atoms with E-state index < -0.39 is 101 Å². The van der Waals surface area contributed by atoms with E-state index in [0.717, 1.165) is 11.8 Å². The molecule has 2 saturated heterocycles. The van der Waals surface area contributed by atoms with Crippen LogP contribution >= 0.6 is 27.4 Å². The normalized spacial score (nSPS) is 32.1. The predicted molar refractivity (Wildman–Crippen MR) is 190 cm³/mol. The van der Waals surface area contributed by atoms with E-state index in [9.17, 15) is 48.9 Å². The first-order valence-electron chi connectivity index (χ1n) is 16.7. The summed E-state index contributed by atoms with van der Waals surface area (Å²) in [4.78, 5) is 58.0. The Hall–Kier alpha value is -2.97. The number of phosphoric acid groups is 2. The van der Waals surface area contributed by atoms with Crippen LogP contribution in [0.25, 0.3) is 0 Å². The molecule has 0 spiro atoms. The fraction of sp³-hybridized carbons (Fsp3) is 0.643. The van der Waals surface area contributed by atoms with Crippen LogP contribution in [0.3, 0.4) is 0 Å². The van der Waals surface area contributed by atoms with Crippen molar-refractivity contribution in [1.82, 2.24) is 19.9 Å². The van der Waals surface area contributed by atoms with Gasteiger partial charge >= 0.3 is 26.8 Å². The number of nitrogens with two attached hydrogens (primary N) is 2. The van der Waals surface area contributed by atoms with Crippen molar-refractivity contribution in [3.05, 3.63) is 32.1 Å². The van der Waals surface area contributed by atoms with Gasteiger partial charge in [-0.05, 0) is 0 Å². The van der Waals surface area contributed by atoms with Crippen LogP contribution in [0.1, 0.15) is 23.2 Å². The number of phosphoric ester groups is 2. The Bertz CT molecular complexity index is 1910. The van der Waals surface area contributed by atoms with Crippen LogP contribution in [0.5, 0.6) is 0 Å². The summed E-state index contributed by atoms with van der Waals surface area (Å²) in [5.74, 6) is -1.58. The minimum Gasteiger partial charge on any atom is -0.388 e. The molecule has 12 atom stereocenters. The van der Waals surface area contributed by atoms with Crippen LogP contribution < -0.4 is 22.6 Å². The molecular formula is C28H42N8O16P2S+2. The van der Waals surface area contributed by atoms with Gasteiger partial charge in [0, 0.05) is 11.5 Å². The van der Waals surface area contributed by atoms with Gasteiger partial charge in [-0.3, -0.25) is 37.7 Å². The third-order valence-corrected chi connectivity index (χ3v) is 12.1. The van der Waals surface area contributed by atoms with Crippen molar-refractivity contribution in [3.8, 4) is 0 Å². The van der Waals surface area contributed by atoms with Crippen LogP contribution in [0.15, 0.2) is 9.59 Å². The second-order valence-electron chi connectivity index (χ2n) is 13.0. The van der Waals surface area contributed by atoms with Gasteiger partial charge in [0.1, 0.15) is 86.2 Å². The molecule has 0 aliphatic carbocycles. The average molecular weight is 841 g/mol. The molecule has 2 aromatic rings. The topological polar surface area (TPSA) is 360 Å². The molecule has 0 amide bonds. The standard InChI is InChI=1S/C28H40N8O16P2S/c1-35-7-11(15-17(35)25(41)33-27(29)31-15)23-21(39)19(37)13(51-23)9-49-53(43,44)47-3-5-55-6-4-48-54(45,46)50-10-14-20(38)22(40)24(52-14)12-8-36(2)18-16(12)32-28(30)34-26(18)42/h7-8,11-14,19-24,37-40H,3-6,9-10H2,1-2H3,(H6-2,29,30,31,32,33,34,41,42,43,44,45,46)/p+2/t11?,12?,13-,14-,19-,20-,21-,22-,23+,24+/m1/s1. The number of hydrogen-bond acceptors (Lipinski definition) is 19. The van der Waals surface area contributed by atoms with E-state index >= 15 is 0 Å². The third-order valence-electron chi connectivity index (χ3n) is 9.26. The molecule has 4 aliphatic heterocycles. The molecule has 6 rings (SSSR count). The molecule has 6 heterocycles. The fourth-order valence-electron chi connectivity index (χ4n) is 6.76. The van der Waals surface area contributed by atoms with E-state index in [4.69, 9.17) is 39.0 Å². The number of rotatable bonds is 16. The number of nitrogens with zero attached hydrogens (tertiary/aromatic N) is 4. The van der Waals surface area contributed by atoms with Gasteiger partial charge in [0.15, 0.2) is 12.4 Å².